The quantitative estimate of drug-likeness (QED) is 0.779. The van der Waals surface area contributed by atoms with E-state index in [2.05, 4.69) is 0 Å². The molecule has 1 unspecified atom stereocenters. The Morgan fingerprint density at radius 3 is 2.44 bits per heavy atom. The molecule has 5 nitrogen and oxygen atoms in total. The zero-order valence-corrected chi connectivity index (χ0v) is 10.9. The van der Waals surface area contributed by atoms with E-state index in [-0.39, 0.29) is 18.6 Å². The number of hydrogen-bond donors (Lipinski definition) is 2. The summed E-state index contributed by atoms with van der Waals surface area (Å²) < 4.78 is 0. The van der Waals surface area contributed by atoms with Gasteiger partial charge in [-0.2, -0.15) is 0 Å². The molecule has 2 aliphatic rings. The van der Waals surface area contributed by atoms with Gasteiger partial charge in [0.25, 0.3) is 0 Å². The maximum atomic E-state index is 12.4. The second-order valence-electron chi connectivity index (χ2n) is 5.98. The lowest BCUT2D eigenvalue weighted by molar-refractivity contribution is -0.143. The van der Waals surface area contributed by atoms with Gasteiger partial charge in [-0.25, -0.2) is 0 Å². The molecule has 2 fully saturated rings. The first-order valence-corrected chi connectivity index (χ1v) is 6.55. The molecule has 2 N–H and O–H groups in total. The number of carbonyl (C=O) groups excluding carboxylic acids is 1. The van der Waals surface area contributed by atoms with E-state index >= 15 is 0 Å². The van der Waals surface area contributed by atoms with Gasteiger partial charge in [0.15, 0.2) is 0 Å². The summed E-state index contributed by atoms with van der Waals surface area (Å²) in [5, 5.41) is 18.4. The molecule has 0 aromatic rings. The zero-order valence-electron chi connectivity index (χ0n) is 10.9. The standard InChI is InChI=1S/C13H21NO4/c1-13(2)9(10(13)12(17)18)11(16)14-6-4-3-5-8(14)7-15/h8-10,15H,3-7H2,1-2H3,(H,17,18)/t8?,9-,10+/m1/s1. The predicted molar refractivity (Wildman–Crippen MR) is 64.8 cm³/mol. The fourth-order valence-electron chi connectivity index (χ4n) is 3.22. The monoisotopic (exact) mass is 255 g/mol. The number of hydrogen-bond acceptors (Lipinski definition) is 3. The van der Waals surface area contributed by atoms with E-state index in [1.807, 2.05) is 13.8 Å². The lowest BCUT2D eigenvalue weighted by atomic mass is 10.0. The van der Waals surface area contributed by atoms with Crippen molar-refractivity contribution in [3.8, 4) is 0 Å². The molecule has 102 valence electrons. The number of aliphatic carboxylic acids is 1. The minimum atomic E-state index is -0.893. The van der Waals surface area contributed by atoms with Crippen LogP contribution in [0.2, 0.25) is 0 Å². The van der Waals surface area contributed by atoms with Crippen LogP contribution < -0.4 is 0 Å². The predicted octanol–water partition coefficient (Wildman–Crippen LogP) is 0.717. The molecule has 0 aromatic heterocycles. The molecule has 1 aliphatic heterocycles. The summed E-state index contributed by atoms with van der Waals surface area (Å²) in [6, 6.07) is -0.128. The molecular formula is C13H21NO4. The third kappa shape index (κ3) is 2.00. The van der Waals surface area contributed by atoms with E-state index in [4.69, 9.17) is 5.11 Å². The highest BCUT2D eigenvalue weighted by atomic mass is 16.4. The van der Waals surface area contributed by atoms with E-state index < -0.39 is 23.2 Å². The van der Waals surface area contributed by atoms with Gasteiger partial charge in [-0.1, -0.05) is 13.8 Å². The third-order valence-corrected chi connectivity index (χ3v) is 4.48. The Hall–Kier alpha value is -1.10. The summed E-state index contributed by atoms with van der Waals surface area (Å²) in [4.78, 5) is 25.2. The first kappa shape index (κ1) is 13.3. The van der Waals surface area contributed by atoms with Gasteiger partial charge in [-0.3, -0.25) is 9.59 Å². The molecule has 0 spiro atoms. The topological polar surface area (TPSA) is 77.8 Å². The van der Waals surface area contributed by atoms with Crippen molar-refractivity contribution in [2.24, 2.45) is 17.3 Å². The second-order valence-corrected chi connectivity index (χ2v) is 5.98. The maximum absolute atomic E-state index is 12.4. The number of nitrogens with zero attached hydrogens (tertiary/aromatic N) is 1. The van der Waals surface area contributed by atoms with Gasteiger partial charge in [0.05, 0.1) is 24.5 Å². The molecule has 0 bridgehead atoms. The Balaban J connectivity index is 2.10. The summed E-state index contributed by atoms with van der Waals surface area (Å²) in [7, 11) is 0. The number of carboxylic acids is 1. The number of carbonyl (C=O) groups is 2. The summed E-state index contributed by atoms with van der Waals surface area (Å²) in [5.41, 5.74) is -0.458. The molecule has 0 radical (unpaired) electrons. The van der Waals surface area contributed by atoms with E-state index in [0.29, 0.717) is 6.54 Å². The molecular weight excluding hydrogens is 234 g/mol. The van der Waals surface area contributed by atoms with Crippen molar-refractivity contribution in [1.29, 1.82) is 0 Å². The zero-order chi connectivity index (χ0) is 13.5. The molecule has 1 heterocycles. The Labute approximate surface area is 107 Å². The fourth-order valence-corrected chi connectivity index (χ4v) is 3.22. The van der Waals surface area contributed by atoms with Crippen molar-refractivity contribution in [2.45, 2.75) is 39.2 Å². The van der Waals surface area contributed by atoms with Crippen LogP contribution in [-0.4, -0.2) is 46.2 Å². The van der Waals surface area contributed by atoms with Crippen LogP contribution in [0.5, 0.6) is 0 Å². The van der Waals surface area contributed by atoms with Crippen LogP contribution in [0.1, 0.15) is 33.1 Å². The van der Waals surface area contributed by atoms with Crippen LogP contribution in [-0.2, 0) is 9.59 Å². The van der Waals surface area contributed by atoms with Crippen LogP contribution in [0.25, 0.3) is 0 Å². The fraction of sp³-hybridized carbons (Fsp3) is 0.846. The average molecular weight is 255 g/mol. The third-order valence-electron chi connectivity index (χ3n) is 4.48. The molecule has 0 aromatic carbocycles. The van der Waals surface area contributed by atoms with Crippen molar-refractivity contribution >= 4 is 11.9 Å². The highest BCUT2D eigenvalue weighted by molar-refractivity contribution is 5.91. The maximum Gasteiger partial charge on any atom is 0.307 e. The average Bonchev–Trinajstić information content (AvgIpc) is 2.91. The van der Waals surface area contributed by atoms with Crippen LogP contribution in [0.4, 0.5) is 0 Å². The van der Waals surface area contributed by atoms with Gasteiger partial charge in [-0.05, 0) is 24.7 Å². The second kappa shape index (κ2) is 4.53. The van der Waals surface area contributed by atoms with Crippen LogP contribution >= 0.6 is 0 Å². The normalized spacial score (nSPS) is 34.2. The molecule has 1 amide bonds. The summed E-state index contributed by atoms with van der Waals surface area (Å²) in [5.74, 6) is -1.99. The Morgan fingerprint density at radius 2 is 1.94 bits per heavy atom. The van der Waals surface area contributed by atoms with Crippen molar-refractivity contribution in [2.75, 3.05) is 13.2 Å². The number of amides is 1. The Kier molecular flexibility index (Phi) is 3.36. The van der Waals surface area contributed by atoms with Crippen LogP contribution in [0.3, 0.4) is 0 Å². The smallest absolute Gasteiger partial charge is 0.307 e. The Bertz CT molecular complexity index is 366. The summed E-state index contributed by atoms with van der Waals surface area (Å²) in [6.45, 7) is 4.26. The number of rotatable bonds is 3. The van der Waals surface area contributed by atoms with Gasteiger partial charge < -0.3 is 15.1 Å². The molecule has 1 saturated heterocycles. The van der Waals surface area contributed by atoms with Crippen molar-refractivity contribution in [3.05, 3.63) is 0 Å². The molecule has 2 rings (SSSR count). The number of carboxylic acid groups (broad SMARTS) is 1. The number of aliphatic hydroxyl groups is 1. The highest BCUT2D eigenvalue weighted by Crippen LogP contribution is 2.59. The van der Waals surface area contributed by atoms with Crippen molar-refractivity contribution < 1.29 is 19.8 Å². The highest BCUT2D eigenvalue weighted by Gasteiger charge is 2.66. The lowest BCUT2D eigenvalue weighted by Crippen LogP contribution is -2.47. The molecule has 5 heteroatoms. The largest absolute Gasteiger partial charge is 0.481 e. The molecule has 18 heavy (non-hydrogen) atoms. The minimum absolute atomic E-state index is 0.0311. The van der Waals surface area contributed by atoms with Gasteiger partial charge >= 0.3 is 5.97 Å². The minimum Gasteiger partial charge on any atom is -0.481 e. The van der Waals surface area contributed by atoms with E-state index in [9.17, 15) is 14.7 Å². The molecule has 1 aliphatic carbocycles. The van der Waals surface area contributed by atoms with Gasteiger partial charge in [-0.15, -0.1) is 0 Å². The van der Waals surface area contributed by atoms with Crippen molar-refractivity contribution in [3.63, 3.8) is 0 Å². The van der Waals surface area contributed by atoms with Gasteiger partial charge in [0.2, 0.25) is 5.91 Å². The summed E-state index contributed by atoms with van der Waals surface area (Å²) in [6.07, 6.45) is 2.77. The van der Waals surface area contributed by atoms with Gasteiger partial charge in [0, 0.05) is 6.54 Å². The number of piperidine rings is 1. The van der Waals surface area contributed by atoms with E-state index in [0.717, 1.165) is 19.3 Å². The number of likely N-dealkylation sites (tertiary alicyclic amines) is 1. The Morgan fingerprint density at radius 1 is 1.28 bits per heavy atom. The lowest BCUT2D eigenvalue weighted by Gasteiger charge is -2.35. The summed E-state index contributed by atoms with van der Waals surface area (Å²) >= 11 is 0. The number of aliphatic hydroxyl groups excluding tert-OH is 1. The van der Waals surface area contributed by atoms with Crippen LogP contribution in [0, 0.1) is 17.3 Å². The SMILES string of the molecule is CC1(C)[C@H](C(=O)O)[C@@H]1C(=O)N1CCCCC1CO. The first-order valence-electron chi connectivity index (χ1n) is 6.55. The molecule has 3 atom stereocenters. The van der Waals surface area contributed by atoms with E-state index in [1.165, 1.54) is 0 Å². The van der Waals surface area contributed by atoms with Crippen LogP contribution in [0.15, 0.2) is 0 Å². The first-order chi connectivity index (χ1) is 8.41. The van der Waals surface area contributed by atoms with Crippen molar-refractivity contribution in [1.82, 2.24) is 4.90 Å². The molecule has 1 saturated carbocycles. The van der Waals surface area contributed by atoms with E-state index in [1.54, 1.807) is 4.90 Å². The van der Waals surface area contributed by atoms with Gasteiger partial charge in [0.1, 0.15) is 0 Å².